The summed E-state index contributed by atoms with van der Waals surface area (Å²) in [6.45, 7) is -0.121. The number of hydrogen-bond donors (Lipinski definition) is 1. The molecule has 11 heteroatoms. The highest BCUT2D eigenvalue weighted by molar-refractivity contribution is 9.10. The fourth-order valence-electron chi connectivity index (χ4n) is 3.69. The first-order chi connectivity index (χ1) is 19.3. The summed E-state index contributed by atoms with van der Waals surface area (Å²) in [5, 5.41) is 4.03. The number of hydrogen-bond acceptors (Lipinski definition) is 6. The number of sulfonamides is 1. The minimum Gasteiger partial charge on any atom is -0.493 e. The third-order valence-electron chi connectivity index (χ3n) is 5.60. The molecule has 1 amide bonds. The van der Waals surface area contributed by atoms with Crippen molar-refractivity contribution in [3.8, 4) is 11.5 Å². The van der Waals surface area contributed by atoms with Crippen molar-refractivity contribution in [2.45, 2.75) is 11.5 Å². The molecule has 0 bridgehead atoms. The molecule has 0 radical (unpaired) electrons. The highest BCUT2D eigenvalue weighted by Gasteiger charge is 2.27. The van der Waals surface area contributed by atoms with Crippen LogP contribution in [0.25, 0.3) is 0 Å². The molecular formula is C29H25Br2N3O5S. The maximum Gasteiger partial charge on any atom is 0.264 e. The zero-order chi connectivity index (χ0) is 28.5. The quantitative estimate of drug-likeness (QED) is 0.151. The summed E-state index contributed by atoms with van der Waals surface area (Å²) in [5.74, 6) is 0.390. The number of halogens is 2. The van der Waals surface area contributed by atoms with E-state index in [9.17, 15) is 13.2 Å². The molecule has 4 rings (SSSR count). The Bertz CT molecular complexity index is 1600. The van der Waals surface area contributed by atoms with Crippen LogP contribution in [-0.2, 0) is 21.4 Å². The number of methoxy groups -OCH3 is 1. The molecule has 0 aliphatic heterocycles. The van der Waals surface area contributed by atoms with Crippen molar-refractivity contribution in [1.82, 2.24) is 5.43 Å². The maximum absolute atomic E-state index is 13.4. The predicted molar refractivity (Wildman–Crippen MR) is 162 cm³/mol. The van der Waals surface area contributed by atoms with Crippen LogP contribution >= 0.6 is 31.9 Å². The number of benzene rings is 4. The van der Waals surface area contributed by atoms with Gasteiger partial charge in [0.1, 0.15) is 13.2 Å². The van der Waals surface area contributed by atoms with Gasteiger partial charge >= 0.3 is 0 Å². The van der Waals surface area contributed by atoms with Gasteiger partial charge in [-0.2, -0.15) is 5.10 Å². The van der Waals surface area contributed by atoms with Crippen LogP contribution in [0.3, 0.4) is 0 Å². The molecule has 1 N–H and O–H groups in total. The highest BCUT2D eigenvalue weighted by atomic mass is 79.9. The number of rotatable bonds is 11. The Morgan fingerprint density at radius 3 is 2.33 bits per heavy atom. The summed E-state index contributed by atoms with van der Waals surface area (Å²) in [4.78, 5) is 12.9. The normalized spacial score (nSPS) is 11.3. The molecule has 206 valence electrons. The van der Waals surface area contributed by atoms with Crippen LogP contribution in [0.2, 0.25) is 0 Å². The molecule has 8 nitrogen and oxygen atoms in total. The lowest BCUT2D eigenvalue weighted by molar-refractivity contribution is -0.119. The molecule has 4 aromatic rings. The van der Waals surface area contributed by atoms with E-state index in [1.165, 1.54) is 25.5 Å². The molecule has 4 aromatic carbocycles. The number of hydrazone groups is 1. The molecule has 0 saturated carbocycles. The lowest BCUT2D eigenvalue weighted by Gasteiger charge is -2.23. The van der Waals surface area contributed by atoms with Crippen LogP contribution in [0.4, 0.5) is 5.69 Å². The van der Waals surface area contributed by atoms with Gasteiger partial charge in [0.2, 0.25) is 0 Å². The Balaban J connectivity index is 1.48. The van der Waals surface area contributed by atoms with Crippen molar-refractivity contribution >= 4 is 59.7 Å². The zero-order valence-electron chi connectivity index (χ0n) is 21.3. The largest absolute Gasteiger partial charge is 0.493 e. The molecule has 0 aromatic heterocycles. The molecule has 0 saturated heterocycles. The van der Waals surface area contributed by atoms with Gasteiger partial charge in [-0.25, -0.2) is 13.8 Å². The van der Waals surface area contributed by atoms with E-state index in [1.54, 1.807) is 54.6 Å². The second-order valence-electron chi connectivity index (χ2n) is 8.41. The fraction of sp³-hybridized carbons (Fsp3) is 0.103. The summed E-state index contributed by atoms with van der Waals surface area (Å²) in [6, 6.07) is 27.9. The lowest BCUT2D eigenvalue weighted by Crippen LogP contribution is -2.39. The standard InChI is InChI=1S/C29H25Br2N3O5S/c1-38-27-16-22(15-26(31)29(27)39-20-21-9-4-2-5-10-21)18-32-33-28(35)19-34(24-12-8-11-23(30)17-24)40(36,37)25-13-6-3-7-14-25/h2-18H,19-20H2,1H3,(H,33,35)/b32-18-. The first kappa shape index (κ1) is 29.3. The molecule has 0 atom stereocenters. The van der Waals surface area contributed by atoms with Crippen LogP contribution in [-0.4, -0.2) is 34.2 Å². The number of carbonyl (C=O) groups is 1. The summed E-state index contributed by atoms with van der Waals surface area (Å²) in [7, 11) is -2.49. The van der Waals surface area contributed by atoms with Crippen molar-refractivity contribution in [2.75, 3.05) is 18.0 Å². The lowest BCUT2D eigenvalue weighted by atomic mass is 10.2. The van der Waals surface area contributed by atoms with Crippen LogP contribution in [0.1, 0.15) is 11.1 Å². The minimum atomic E-state index is -4.03. The summed E-state index contributed by atoms with van der Waals surface area (Å²) >= 11 is 6.87. The van der Waals surface area contributed by atoms with E-state index in [-0.39, 0.29) is 4.90 Å². The fourth-order valence-corrected chi connectivity index (χ4v) is 6.09. The number of anilines is 1. The van der Waals surface area contributed by atoms with Gasteiger partial charge in [0.15, 0.2) is 11.5 Å². The van der Waals surface area contributed by atoms with Gasteiger partial charge in [0.05, 0.1) is 28.4 Å². The highest BCUT2D eigenvalue weighted by Crippen LogP contribution is 2.37. The van der Waals surface area contributed by atoms with Crippen LogP contribution in [0.15, 0.2) is 116 Å². The van der Waals surface area contributed by atoms with Crippen LogP contribution in [0.5, 0.6) is 11.5 Å². The number of amides is 1. The smallest absolute Gasteiger partial charge is 0.264 e. The summed E-state index contributed by atoms with van der Waals surface area (Å²) in [6.07, 6.45) is 1.43. The van der Waals surface area contributed by atoms with Gasteiger partial charge in [0, 0.05) is 4.47 Å². The van der Waals surface area contributed by atoms with E-state index >= 15 is 0 Å². The maximum atomic E-state index is 13.4. The molecule has 0 fully saturated rings. The van der Waals surface area contributed by atoms with Gasteiger partial charge < -0.3 is 9.47 Å². The summed E-state index contributed by atoms with van der Waals surface area (Å²) in [5.41, 5.74) is 4.38. The van der Waals surface area contributed by atoms with E-state index in [4.69, 9.17) is 9.47 Å². The van der Waals surface area contributed by atoms with Crippen LogP contribution in [0, 0.1) is 0 Å². The van der Waals surface area contributed by atoms with Crippen LogP contribution < -0.4 is 19.2 Å². The second-order valence-corrected chi connectivity index (χ2v) is 12.0. The van der Waals surface area contributed by atoms with Gasteiger partial charge in [-0.1, -0.05) is 70.5 Å². The van der Waals surface area contributed by atoms with Gasteiger partial charge in [-0.3, -0.25) is 9.10 Å². The molecule has 40 heavy (non-hydrogen) atoms. The number of nitrogens with one attached hydrogen (secondary N) is 1. The topological polar surface area (TPSA) is 97.3 Å². The van der Waals surface area contributed by atoms with Crippen molar-refractivity contribution < 1.29 is 22.7 Å². The number of ether oxygens (including phenoxy) is 2. The Hall–Kier alpha value is -3.67. The Morgan fingerprint density at radius 2 is 1.65 bits per heavy atom. The molecular weight excluding hydrogens is 662 g/mol. The summed E-state index contributed by atoms with van der Waals surface area (Å²) < 4.78 is 40.6. The van der Waals surface area contributed by atoms with E-state index in [1.807, 2.05) is 30.3 Å². The average Bonchev–Trinajstić information content (AvgIpc) is 2.96. The zero-order valence-corrected chi connectivity index (χ0v) is 25.3. The third kappa shape index (κ3) is 7.50. The Labute approximate surface area is 249 Å². The van der Waals surface area contributed by atoms with Gasteiger partial charge in [-0.05, 0) is 69.5 Å². The van der Waals surface area contributed by atoms with Gasteiger partial charge in [-0.15, -0.1) is 0 Å². The van der Waals surface area contributed by atoms with Crippen molar-refractivity contribution in [2.24, 2.45) is 5.10 Å². The minimum absolute atomic E-state index is 0.0674. The van der Waals surface area contributed by atoms with Crippen molar-refractivity contribution in [1.29, 1.82) is 0 Å². The number of nitrogens with zero attached hydrogens (tertiary/aromatic N) is 2. The second kappa shape index (κ2) is 13.6. The van der Waals surface area contributed by atoms with E-state index < -0.39 is 22.5 Å². The van der Waals surface area contributed by atoms with E-state index in [0.717, 1.165) is 9.87 Å². The predicted octanol–water partition coefficient (Wildman–Crippen LogP) is 6.14. The van der Waals surface area contributed by atoms with Gasteiger partial charge in [0.25, 0.3) is 15.9 Å². The van der Waals surface area contributed by atoms with E-state index in [2.05, 4.69) is 42.4 Å². The SMILES string of the molecule is COc1cc(/C=N\NC(=O)CN(c2cccc(Br)c2)S(=O)(=O)c2ccccc2)cc(Br)c1OCc1ccccc1. The molecule has 0 unspecified atom stereocenters. The molecule has 0 aliphatic carbocycles. The first-order valence-corrected chi connectivity index (χ1v) is 15.0. The molecule has 0 spiro atoms. The first-order valence-electron chi connectivity index (χ1n) is 12.0. The monoisotopic (exact) mass is 685 g/mol. The Morgan fingerprint density at radius 1 is 0.950 bits per heavy atom. The molecule has 0 heterocycles. The number of carbonyl (C=O) groups excluding carboxylic acids is 1. The third-order valence-corrected chi connectivity index (χ3v) is 8.47. The molecule has 0 aliphatic rings. The average molecular weight is 687 g/mol. The Kier molecular flexibility index (Phi) is 9.97. The van der Waals surface area contributed by atoms with Crippen molar-refractivity contribution in [3.05, 3.63) is 117 Å². The van der Waals surface area contributed by atoms with Crippen molar-refractivity contribution in [3.63, 3.8) is 0 Å². The van der Waals surface area contributed by atoms with E-state index in [0.29, 0.717) is 38.3 Å².